The van der Waals surface area contributed by atoms with Gasteiger partial charge in [-0.25, -0.2) is 4.98 Å². The minimum Gasteiger partial charge on any atom is -0.335 e. The van der Waals surface area contributed by atoms with Gasteiger partial charge in [-0.15, -0.1) is 21.5 Å². The van der Waals surface area contributed by atoms with Gasteiger partial charge < -0.3 is 9.80 Å². The number of aromatic nitrogens is 4. The Hall–Kier alpha value is -2.23. The molecular weight excluding hydrogens is 416 g/mol. The van der Waals surface area contributed by atoms with Crippen LogP contribution in [0.5, 0.6) is 0 Å². The van der Waals surface area contributed by atoms with Crippen molar-refractivity contribution in [3.05, 3.63) is 51.7 Å². The number of amides is 1. The number of hydrogen-bond donors (Lipinski definition) is 0. The van der Waals surface area contributed by atoms with Gasteiger partial charge in [-0.2, -0.15) is 0 Å². The highest BCUT2D eigenvalue weighted by Gasteiger charge is 2.23. The van der Waals surface area contributed by atoms with Crippen molar-refractivity contribution in [3.8, 4) is 5.69 Å². The molecule has 30 heavy (non-hydrogen) atoms. The molecule has 1 fully saturated rings. The van der Waals surface area contributed by atoms with Crippen LogP contribution in [0.2, 0.25) is 0 Å². The Morgan fingerprint density at radius 3 is 2.63 bits per heavy atom. The fourth-order valence-corrected chi connectivity index (χ4v) is 5.34. The first kappa shape index (κ1) is 21.0. The Bertz CT molecular complexity index is 1020. The minimum atomic E-state index is 0.0391. The number of likely N-dealkylation sites (N-methyl/N-ethyl adjacent to an activating group) is 1. The predicted molar refractivity (Wildman–Crippen MR) is 121 cm³/mol. The lowest BCUT2D eigenvalue weighted by atomic mass is 10.2. The number of thiazole rings is 1. The van der Waals surface area contributed by atoms with Crippen molar-refractivity contribution in [3.63, 3.8) is 0 Å². The third-order valence-corrected chi connectivity index (χ3v) is 7.33. The first-order chi connectivity index (χ1) is 14.6. The zero-order chi connectivity index (χ0) is 21.1. The van der Waals surface area contributed by atoms with E-state index in [4.69, 9.17) is 0 Å². The summed E-state index contributed by atoms with van der Waals surface area (Å²) in [5.41, 5.74) is 2.81. The second-order valence-corrected chi connectivity index (χ2v) is 9.18. The van der Waals surface area contributed by atoms with Crippen LogP contribution in [0, 0.1) is 13.8 Å². The number of carbonyl (C=O) groups excluding carboxylic acids is 1. The quantitative estimate of drug-likeness (QED) is 0.545. The van der Waals surface area contributed by atoms with Crippen LogP contribution in [0.3, 0.4) is 0 Å². The standard InChI is InChI=1S/C21H26N6OS2/c1-4-25-9-11-26(12-10-25)20(28)17-13-29-19(22-17)14-30-21-24-23-16(3)27(21)18-8-6-5-7-15(18)2/h5-8,13H,4,9-12,14H2,1-3H3. The molecule has 2 aromatic heterocycles. The molecule has 1 amide bonds. The molecule has 1 aromatic carbocycles. The van der Waals surface area contributed by atoms with Gasteiger partial charge in [0.1, 0.15) is 16.5 Å². The van der Waals surface area contributed by atoms with Gasteiger partial charge in [-0.05, 0) is 32.0 Å². The van der Waals surface area contributed by atoms with Crippen molar-refractivity contribution >= 4 is 29.0 Å². The molecule has 158 valence electrons. The number of para-hydroxylation sites is 1. The zero-order valence-corrected chi connectivity index (χ0v) is 19.2. The van der Waals surface area contributed by atoms with E-state index >= 15 is 0 Å². The molecule has 0 aliphatic carbocycles. The third kappa shape index (κ3) is 4.43. The van der Waals surface area contributed by atoms with Gasteiger partial charge in [-0.1, -0.05) is 36.9 Å². The van der Waals surface area contributed by atoms with E-state index in [1.165, 1.54) is 16.9 Å². The number of carbonyl (C=O) groups is 1. The first-order valence-electron chi connectivity index (χ1n) is 10.1. The third-order valence-electron chi connectivity index (χ3n) is 5.35. The molecule has 9 heteroatoms. The lowest BCUT2D eigenvalue weighted by molar-refractivity contribution is 0.0638. The zero-order valence-electron chi connectivity index (χ0n) is 17.5. The topological polar surface area (TPSA) is 67.2 Å². The molecule has 1 aliphatic heterocycles. The smallest absolute Gasteiger partial charge is 0.273 e. The van der Waals surface area contributed by atoms with Crippen molar-refractivity contribution in [1.29, 1.82) is 0 Å². The van der Waals surface area contributed by atoms with E-state index in [1.807, 2.05) is 29.3 Å². The highest BCUT2D eigenvalue weighted by molar-refractivity contribution is 7.98. The first-order valence-corrected chi connectivity index (χ1v) is 12.0. The Labute approximate surface area is 185 Å². The van der Waals surface area contributed by atoms with Gasteiger partial charge >= 0.3 is 0 Å². The van der Waals surface area contributed by atoms with E-state index < -0.39 is 0 Å². The summed E-state index contributed by atoms with van der Waals surface area (Å²) in [7, 11) is 0. The number of aryl methyl sites for hydroxylation is 2. The van der Waals surface area contributed by atoms with Crippen molar-refractivity contribution in [1.82, 2.24) is 29.5 Å². The van der Waals surface area contributed by atoms with Crippen molar-refractivity contribution < 1.29 is 4.79 Å². The lowest BCUT2D eigenvalue weighted by Crippen LogP contribution is -2.48. The number of rotatable bonds is 6. The molecule has 7 nitrogen and oxygen atoms in total. The summed E-state index contributed by atoms with van der Waals surface area (Å²) in [5.74, 6) is 1.55. The second-order valence-electron chi connectivity index (χ2n) is 7.29. The average Bonchev–Trinajstić information content (AvgIpc) is 3.39. The normalized spacial score (nSPS) is 15.0. The largest absolute Gasteiger partial charge is 0.335 e. The maximum absolute atomic E-state index is 12.8. The van der Waals surface area contributed by atoms with E-state index in [9.17, 15) is 4.79 Å². The SMILES string of the molecule is CCN1CCN(C(=O)c2csc(CSc3nnc(C)n3-c3ccccc3C)n2)CC1. The van der Waals surface area contributed by atoms with Crippen molar-refractivity contribution in [2.75, 3.05) is 32.7 Å². The maximum Gasteiger partial charge on any atom is 0.273 e. The summed E-state index contributed by atoms with van der Waals surface area (Å²) in [5, 5.41) is 12.3. The number of nitrogens with zero attached hydrogens (tertiary/aromatic N) is 6. The Morgan fingerprint density at radius 1 is 1.13 bits per heavy atom. The molecule has 1 aliphatic rings. The van der Waals surface area contributed by atoms with Crippen LogP contribution in [0.1, 0.15) is 33.8 Å². The highest BCUT2D eigenvalue weighted by atomic mass is 32.2. The lowest BCUT2D eigenvalue weighted by Gasteiger charge is -2.33. The highest BCUT2D eigenvalue weighted by Crippen LogP contribution is 2.27. The van der Waals surface area contributed by atoms with Gasteiger partial charge in [0.15, 0.2) is 5.16 Å². The van der Waals surface area contributed by atoms with Gasteiger partial charge in [0.2, 0.25) is 0 Å². The van der Waals surface area contributed by atoms with E-state index in [2.05, 4.69) is 50.6 Å². The molecule has 3 aromatic rings. The van der Waals surface area contributed by atoms with Gasteiger partial charge in [0.25, 0.3) is 5.91 Å². The number of thioether (sulfide) groups is 1. The number of piperazine rings is 1. The van der Waals surface area contributed by atoms with Crippen LogP contribution >= 0.6 is 23.1 Å². The van der Waals surface area contributed by atoms with E-state index in [1.54, 1.807) is 11.8 Å². The molecule has 1 saturated heterocycles. The molecule has 0 unspecified atom stereocenters. The Morgan fingerprint density at radius 2 is 1.90 bits per heavy atom. The average molecular weight is 443 g/mol. The van der Waals surface area contributed by atoms with Crippen LogP contribution in [0.25, 0.3) is 5.69 Å². The van der Waals surface area contributed by atoms with Crippen LogP contribution in [-0.4, -0.2) is 68.2 Å². The molecule has 0 atom stereocenters. The fraction of sp³-hybridized carbons (Fsp3) is 0.429. The predicted octanol–water partition coefficient (Wildman–Crippen LogP) is 3.41. The molecule has 0 spiro atoms. The van der Waals surface area contributed by atoms with Crippen molar-refractivity contribution in [2.45, 2.75) is 31.7 Å². The Kier molecular flexibility index (Phi) is 6.50. The molecule has 0 saturated carbocycles. The summed E-state index contributed by atoms with van der Waals surface area (Å²) < 4.78 is 2.08. The summed E-state index contributed by atoms with van der Waals surface area (Å²) in [4.78, 5) is 21.7. The molecule has 0 N–H and O–H groups in total. The number of benzene rings is 1. The van der Waals surface area contributed by atoms with Crippen LogP contribution in [0.4, 0.5) is 0 Å². The summed E-state index contributed by atoms with van der Waals surface area (Å²) in [6.45, 7) is 10.6. The summed E-state index contributed by atoms with van der Waals surface area (Å²) in [6.07, 6.45) is 0. The number of hydrogen-bond acceptors (Lipinski definition) is 7. The monoisotopic (exact) mass is 442 g/mol. The van der Waals surface area contributed by atoms with Crippen LogP contribution < -0.4 is 0 Å². The molecule has 4 rings (SSSR count). The summed E-state index contributed by atoms with van der Waals surface area (Å²) in [6, 6.07) is 8.22. The van der Waals surface area contributed by atoms with Crippen LogP contribution in [-0.2, 0) is 5.75 Å². The van der Waals surface area contributed by atoms with Crippen molar-refractivity contribution in [2.24, 2.45) is 0 Å². The molecule has 0 radical (unpaired) electrons. The molecule has 3 heterocycles. The molecular formula is C21H26N6OS2. The van der Waals surface area contributed by atoms with E-state index in [0.717, 1.165) is 54.4 Å². The minimum absolute atomic E-state index is 0.0391. The van der Waals surface area contributed by atoms with E-state index in [-0.39, 0.29) is 5.91 Å². The Balaban J connectivity index is 1.42. The van der Waals surface area contributed by atoms with Gasteiger partial charge in [0, 0.05) is 31.6 Å². The maximum atomic E-state index is 12.8. The van der Waals surface area contributed by atoms with Crippen LogP contribution in [0.15, 0.2) is 34.8 Å². The molecule has 0 bridgehead atoms. The van der Waals surface area contributed by atoms with E-state index in [0.29, 0.717) is 11.4 Å². The van der Waals surface area contributed by atoms with Gasteiger partial charge in [0.05, 0.1) is 11.4 Å². The van der Waals surface area contributed by atoms with Gasteiger partial charge in [-0.3, -0.25) is 9.36 Å². The second kappa shape index (κ2) is 9.28. The summed E-state index contributed by atoms with van der Waals surface area (Å²) >= 11 is 3.12. The fourth-order valence-electron chi connectivity index (χ4n) is 3.56.